The third-order valence-electron chi connectivity index (χ3n) is 4.84. The summed E-state index contributed by atoms with van der Waals surface area (Å²) < 4.78 is 29.6. The summed E-state index contributed by atoms with van der Waals surface area (Å²) in [6.07, 6.45) is 2.93. The number of hydrogen-bond acceptors (Lipinski definition) is 6. The van der Waals surface area contributed by atoms with Crippen LogP contribution < -0.4 is 9.62 Å². The molecule has 0 fully saturated rings. The first-order valence-electron chi connectivity index (χ1n) is 10.0. The minimum Gasteiger partial charge on any atom is -0.322 e. The van der Waals surface area contributed by atoms with Crippen molar-refractivity contribution in [1.29, 1.82) is 0 Å². The van der Waals surface area contributed by atoms with Crippen molar-refractivity contribution in [3.8, 4) is 5.69 Å². The second-order valence-corrected chi connectivity index (χ2v) is 9.30. The number of nitrogens with zero attached hydrogens (tertiary/aromatic N) is 5. The fraction of sp³-hybridized carbons (Fsp3) is 0.0435. The maximum atomic E-state index is 13.5. The van der Waals surface area contributed by atoms with Crippen molar-refractivity contribution in [1.82, 2.24) is 20.2 Å². The van der Waals surface area contributed by atoms with Gasteiger partial charge in [0.05, 0.1) is 22.9 Å². The highest BCUT2D eigenvalue weighted by atomic mass is 35.5. The number of carbonyl (C=O) groups is 1. The molecule has 3 aromatic carbocycles. The van der Waals surface area contributed by atoms with Crippen molar-refractivity contribution in [2.45, 2.75) is 4.90 Å². The van der Waals surface area contributed by atoms with E-state index < -0.39 is 15.9 Å². The smallest absolute Gasteiger partial charge is 0.266 e. The number of aromatic nitrogens is 4. The van der Waals surface area contributed by atoms with Crippen LogP contribution in [0.3, 0.4) is 0 Å². The van der Waals surface area contributed by atoms with Crippen molar-refractivity contribution in [2.24, 2.45) is 0 Å². The molecule has 0 saturated carbocycles. The van der Waals surface area contributed by atoms with E-state index in [0.29, 0.717) is 17.1 Å². The predicted molar refractivity (Wildman–Crippen MR) is 130 cm³/mol. The van der Waals surface area contributed by atoms with Crippen molar-refractivity contribution in [3.05, 3.63) is 102 Å². The fourth-order valence-corrected chi connectivity index (χ4v) is 5.13. The Hall–Kier alpha value is -4.02. The third kappa shape index (κ3) is 4.82. The van der Waals surface area contributed by atoms with Gasteiger partial charge in [0.2, 0.25) is 0 Å². The zero-order valence-corrected chi connectivity index (χ0v) is 19.3. The molecule has 9 nitrogen and oxygen atoms in total. The average molecular weight is 495 g/mol. The van der Waals surface area contributed by atoms with Crippen LogP contribution in [0.4, 0.5) is 11.4 Å². The quantitative estimate of drug-likeness (QED) is 0.371. The Balaban J connectivity index is 1.61. The van der Waals surface area contributed by atoms with E-state index >= 15 is 0 Å². The summed E-state index contributed by atoms with van der Waals surface area (Å²) in [7, 11) is -4.08. The minimum atomic E-state index is -4.08. The molecule has 1 N–H and O–H groups in total. The van der Waals surface area contributed by atoms with E-state index in [1.54, 1.807) is 54.6 Å². The van der Waals surface area contributed by atoms with Crippen LogP contribution in [0.15, 0.2) is 96.7 Å². The average Bonchev–Trinajstić information content (AvgIpc) is 3.38. The molecule has 4 aromatic rings. The predicted octanol–water partition coefficient (Wildman–Crippen LogP) is 3.95. The second kappa shape index (κ2) is 9.86. The fourth-order valence-electron chi connectivity index (χ4n) is 3.20. The molecule has 0 atom stereocenters. The number of benzene rings is 3. The maximum absolute atomic E-state index is 13.5. The van der Waals surface area contributed by atoms with E-state index in [0.717, 1.165) is 0 Å². The molecule has 34 heavy (non-hydrogen) atoms. The lowest BCUT2D eigenvalue weighted by atomic mass is 10.2. The summed E-state index contributed by atoms with van der Waals surface area (Å²) in [6.45, 7) is 3.69. The molecular formula is C23H19ClN6O3S. The highest BCUT2D eigenvalue weighted by molar-refractivity contribution is 7.93. The summed E-state index contributed by atoms with van der Waals surface area (Å²) >= 11 is 6.26. The summed E-state index contributed by atoms with van der Waals surface area (Å²) in [5, 5.41) is 13.7. The van der Waals surface area contributed by atoms with Crippen LogP contribution in [-0.4, -0.2) is 41.1 Å². The zero-order chi connectivity index (χ0) is 24.1. The Bertz CT molecular complexity index is 1410. The summed E-state index contributed by atoms with van der Waals surface area (Å²) in [4.78, 5) is 12.7. The van der Waals surface area contributed by atoms with Gasteiger partial charge in [0.25, 0.3) is 15.9 Å². The summed E-state index contributed by atoms with van der Waals surface area (Å²) in [5.41, 5.74) is 1.82. The normalized spacial score (nSPS) is 11.1. The van der Waals surface area contributed by atoms with Crippen molar-refractivity contribution in [3.63, 3.8) is 0 Å². The number of rotatable bonds is 8. The monoisotopic (exact) mass is 494 g/mol. The molecule has 1 heterocycles. The summed E-state index contributed by atoms with van der Waals surface area (Å²) in [6, 6.07) is 19.6. The van der Waals surface area contributed by atoms with Crippen LogP contribution in [0.1, 0.15) is 10.4 Å². The van der Waals surface area contributed by atoms with Gasteiger partial charge < -0.3 is 5.32 Å². The van der Waals surface area contributed by atoms with Gasteiger partial charge in [-0.05, 0) is 65.0 Å². The maximum Gasteiger partial charge on any atom is 0.266 e. The molecule has 0 aliphatic carbocycles. The number of anilines is 2. The number of halogens is 1. The molecule has 0 radical (unpaired) electrons. The first-order chi connectivity index (χ1) is 16.4. The number of tetrazole rings is 1. The van der Waals surface area contributed by atoms with Gasteiger partial charge in [-0.3, -0.25) is 9.10 Å². The number of hydrogen-bond donors (Lipinski definition) is 1. The standard InChI is InChI=1S/C23H19ClN6O3S/c1-2-14-30(20-6-4-3-5-7-20)34(32,33)22-15-17(8-13-21(22)24)23(31)26-18-9-11-19(12-10-18)29-16-25-27-28-29/h2-13,15-16H,1,14H2,(H,26,31). The second-order valence-electron chi connectivity index (χ2n) is 7.06. The van der Waals surface area contributed by atoms with Crippen LogP contribution in [0.2, 0.25) is 5.02 Å². The molecule has 0 bridgehead atoms. The Morgan fingerprint density at radius 3 is 2.47 bits per heavy atom. The molecule has 1 aromatic heterocycles. The Kier molecular flexibility index (Phi) is 6.71. The lowest BCUT2D eigenvalue weighted by Gasteiger charge is -2.24. The molecule has 11 heteroatoms. The van der Waals surface area contributed by atoms with E-state index in [9.17, 15) is 13.2 Å². The third-order valence-corrected chi connectivity index (χ3v) is 7.11. The van der Waals surface area contributed by atoms with Gasteiger partial charge in [0.15, 0.2) is 0 Å². The van der Waals surface area contributed by atoms with Gasteiger partial charge in [0, 0.05) is 11.3 Å². The summed E-state index contributed by atoms with van der Waals surface area (Å²) in [5.74, 6) is -0.488. The highest BCUT2D eigenvalue weighted by Gasteiger charge is 2.27. The van der Waals surface area contributed by atoms with Gasteiger partial charge in [-0.15, -0.1) is 11.7 Å². The number of sulfonamides is 1. The van der Waals surface area contributed by atoms with Crippen molar-refractivity contribution in [2.75, 3.05) is 16.2 Å². The topological polar surface area (TPSA) is 110 Å². The Labute approximate surface area is 201 Å². The number of amides is 1. The molecule has 0 aliphatic heterocycles. The number of carbonyl (C=O) groups excluding carboxylic acids is 1. The number of para-hydroxylation sites is 1. The van der Waals surface area contributed by atoms with E-state index in [1.807, 2.05) is 0 Å². The molecule has 172 valence electrons. The van der Waals surface area contributed by atoms with Crippen molar-refractivity contribution < 1.29 is 13.2 Å². The first kappa shape index (κ1) is 23.1. The first-order valence-corrected chi connectivity index (χ1v) is 11.8. The lowest BCUT2D eigenvalue weighted by Crippen LogP contribution is -2.31. The molecule has 4 rings (SSSR count). The van der Waals surface area contributed by atoms with Crippen molar-refractivity contribution >= 4 is 38.9 Å². The van der Waals surface area contributed by atoms with Gasteiger partial charge in [-0.25, -0.2) is 13.1 Å². The minimum absolute atomic E-state index is 0.00679. The van der Waals surface area contributed by atoms with Crippen LogP contribution in [-0.2, 0) is 10.0 Å². The van der Waals surface area contributed by atoms with Gasteiger partial charge in [-0.1, -0.05) is 35.9 Å². The van der Waals surface area contributed by atoms with Crippen LogP contribution in [0, 0.1) is 0 Å². The van der Waals surface area contributed by atoms with Crippen LogP contribution in [0.25, 0.3) is 5.69 Å². The molecule has 1 amide bonds. The molecule has 0 spiro atoms. The van der Waals surface area contributed by atoms with E-state index in [1.165, 1.54) is 39.6 Å². The van der Waals surface area contributed by atoms with Crippen LogP contribution >= 0.6 is 11.6 Å². The number of nitrogens with one attached hydrogen (secondary N) is 1. The van der Waals surface area contributed by atoms with E-state index in [2.05, 4.69) is 27.4 Å². The molecule has 0 aliphatic rings. The largest absolute Gasteiger partial charge is 0.322 e. The highest BCUT2D eigenvalue weighted by Crippen LogP contribution is 2.29. The zero-order valence-electron chi connectivity index (χ0n) is 17.7. The van der Waals surface area contributed by atoms with E-state index in [4.69, 9.17) is 11.6 Å². The van der Waals surface area contributed by atoms with Gasteiger partial charge >= 0.3 is 0 Å². The van der Waals surface area contributed by atoms with Gasteiger partial charge in [-0.2, -0.15) is 0 Å². The Morgan fingerprint density at radius 2 is 1.82 bits per heavy atom. The molecule has 0 unspecified atom stereocenters. The Morgan fingerprint density at radius 1 is 1.09 bits per heavy atom. The lowest BCUT2D eigenvalue weighted by molar-refractivity contribution is 0.102. The van der Waals surface area contributed by atoms with E-state index in [-0.39, 0.29) is 22.0 Å². The van der Waals surface area contributed by atoms with Crippen LogP contribution in [0.5, 0.6) is 0 Å². The molecule has 0 saturated heterocycles. The molecular weight excluding hydrogens is 476 g/mol. The van der Waals surface area contributed by atoms with Gasteiger partial charge in [0.1, 0.15) is 11.2 Å². The SMILES string of the molecule is C=CCN(c1ccccc1)S(=O)(=O)c1cc(C(=O)Nc2ccc(-n3cnnn3)cc2)ccc1Cl.